The van der Waals surface area contributed by atoms with Gasteiger partial charge in [0.05, 0.1) is 25.3 Å². The Morgan fingerprint density at radius 1 is 1.30 bits per heavy atom. The van der Waals surface area contributed by atoms with Crippen LogP contribution in [0.25, 0.3) is 0 Å². The van der Waals surface area contributed by atoms with E-state index in [9.17, 15) is 9.59 Å². The van der Waals surface area contributed by atoms with Crippen molar-refractivity contribution in [3.8, 4) is 0 Å². The third-order valence-electron chi connectivity index (χ3n) is 4.54. The van der Waals surface area contributed by atoms with Gasteiger partial charge in [-0.15, -0.1) is 0 Å². The second-order valence-corrected chi connectivity index (χ2v) is 6.48. The maximum absolute atomic E-state index is 12.5. The van der Waals surface area contributed by atoms with Crippen LogP contribution < -0.4 is 5.32 Å². The van der Waals surface area contributed by atoms with Crippen LogP contribution >= 0.6 is 11.6 Å². The minimum absolute atomic E-state index is 0.00850. The summed E-state index contributed by atoms with van der Waals surface area (Å²) in [6, 6.07) is 6.85. The van der Waals surface area contributed by atoms with Crippen molar-refractivity contribution in [2.45, 2.75) is 37.8 Å². The van der Waals surface area contributed by atoms with Gasteiger partial charge < -0.3 is 15.0 Å². The molecule has 0 aromatic heterocycles. The van der Waals surface area contributed by atoms with Gasteiger partial charge in [-0.2, -0.15) is 0 Å². The molecule has 6 heteroatoms. The van der Waals surface area contributed by atoms with Gasteiger partial charge >= 0.3 is 0 Å². The van der Waals surface area contributed by atoms with Gasteiger partial charge in [-0.3, -0.25) is 9.59 Å². The zero-order valence-electron chi connectivity index (χ0n) is 13.0. The fourth-order valence-corrected chi connectivity index (χ4v) is 3.59. The first-order valence-corrected chi connectivity index (χ1v) is 8.48. The van der Waals surface area contributed by atoms with Gasteiger partial charge in [-0.25, -0.2) is 0 Å². The van der Waals surface area contributed by atoms with Gasteiger partial charge in [0.15, 0.2) is 0 Å². The lowest BCUT2D eigenvalue weighted by molar-refractivity contribution is -0.148. The maximum atomic E-state index is 12.5. The minimum atomic E-state index is -0.283. The highest BCUT2D eigenvalue weighted by Crippen LogP contribution is 2.28. The molecule has 2 amide bonds. The van der Waals surface area contributed by atoms with Crippen LogP contribution in [0, 0.1) is 0 Å². The van der Waals surface area contributed by atoms with Crippen molar-refractivity contribution in [2.24, 2.45) is 0 Å². The standard InChI is InChI=1S/C17H21ClN2O3/c18-13-5-3-4-12(10-13)17(22)19-11-16(21)20-8-9-23-15-7-2-1-6-14(15)20/h3-5,10,14-15H,1-2,6-9,11H2,(H,19,22)/t14-,15-/m0/s1. The molecule has 2 fully saturated rings. The number of ether oxygens (including phenoxy) is 1. The fourth-order valence-electron chi connectivity index (χ4n) is 3.40. The summed E-state index contributed by atoms with van der Waals surface area (Å²) in [5, 5.41) is 3.19. The Morgan fingerprint density at radius 2 is 2.13 bits per heavy atom. The number of nitrogens with one attached hydrogen (secondary N) is 1. The van der Waals surface area contributed by atoms with E-state index >= 15 is 0 Å². The average Bonchev–Trinajstić information content (AvgIpc) is 2.59. The lowest BCUT2D eigenvalue weighted by Crippen LogP contribution is -2.56. The minimum Gasteiger partial charge on any atom is -0.374 e. The summed E-state index contributed by atoms with van der Waals surface area (Å²) < 4.78 is 5.77. The number of carbonyl (C=O) groups is 2. The van der Waals surface area contributed by atoms with Crippen LogP contribution in [0.1, 0.15) is 36.0 Å². The molecule has 2 atom stereocenters. The summed E-state index contributed by atoms with van der Waals surface area (Å²) in [5.41, 5.74) is 0.461. The zero-order chi connectivity index (χ0) is 16.2. The van der Waals surface area contributed by atoms with Gasteiger partial charge in [-0.05, 0) is 31.0 Å². The van der Waals surface area contributed by atoms with Crippen molar-refractivity contribution < 1.29 is 14.3 Å². The Balaban J connectivity index is 1.57. The molecule has 1 saturated heterocycles. The molecular weight excluding hydrogens is 316 g/mol. The van der Waals surface area contributed by atoms with E-state index in [2.05, 4.69) is 5.32 Å². The molecule has 0 unspecified atom stereocenters. The Bertz CT molecular complexity index is 591. The summed E-state index contributed by atoms with van der Waals surface area (Å²) in [6.07, 6.45) is 4.45. The number of fused-ring (bicyclic) bond motifs is 1. The summed E-state index contributed by atoms with van der Waals surface area (Å²) in [5.74, 6) is -0.324. The molecule has 1 aromatic carbocycles. The van der Waals surface area contributed by atoms with Crippen LogP contribution in [0.2, 0.25) is 5.02 Å². The number of morpholine rings is 1. The zero-order valence-corrected chi connectivity index (χ0v) is 13.7. The first-order valence-electron chi connectivity index (χ1n) is 8.10. The molecule has 124 valence electrons. The normalized spacial score (nSPS) is 24.0. The van der Waals surface area contributed by atoms with E-state index < -0.39 is 0 Å². The van der Waals surface area contributed by atoms with Gasteiger partial charge in [0.25, 0.3) is 5.91 Å². The van der Waals surface area contributed by atoms with E-state index in [0.29, 0.717) is 23.7 Å². The highest BCUT2D eigenvalue weighted by atomic mass is 35.5. The van der Waals surface area contributed by atoms with Crippen molar-refractivity contribution in [2.75, 3.05) is 19.7 Å². The maximum Gasteiger partial charge on any atom is 0.251 e. The van der Waals surface area contributed by atoms with Crippen LogP contribution in [-0.2, 0) is 9.53 Å². The topological polar surface area (TPSA) is 58.6 Å². The van der Waals surface area contributed by atoms with Crippen LogP contribution in [0.5, 0.6) is 0 Å². The van der Waals surface area contributed by atoms with Crippen LogP contribution in [0.15, 0.2) is 24.3 Å². The lowest BCUT2D eigenvalue weighted by atomic mass is 9.90. The van der Waals surface area contributed by atoms with Gasteiger partial charge in [0, 0.05) is 17.1 Å². The molecular formula is C17H21ClN2O3. The molecule has 1 N–H and O–H groups in total. The van der Waals surface area contributed by atoms with E-state index in [-0.39, 0.29) is 30.5 Å². The number of nitrogens with zero attached hydrogens (tertiary/aromatic N) is 1. The van der Waals surface area contributed by atoms with Crippen LogP contribution in [0.4, 0.5) is 0 Å². The molecule has 0 radical (unpaired) electrons. The molecule has 5 nitrogen and oxygen atoms in total. The van der Waals surface area contributed by atoms with Crippen molar-refractivity contribution >= 4 is 23.4 Å². The summed E-state index contributed by atoms with van der Waals surface area (Å²) in [6.45, 7) is 1.19. The molecule has 0 bridgehead atoms. The van der Waals surface area contributed by atoms with E-state index in [0.717, 1.165) is 25.7 Å². The molecule has 1 heterocycles. The van der Waals surface area contributed by atoms with Crippen LogP contribution in [0.3, 0.4) is 0 Å². The predicted molar refractivity (Wildman–Crippen MR) is 87.5 cm³/mol. The number of hydrogen-bond acceptors (Lipinski definition) is 3. The summed E-state index contributed by atoms with van der Waals surface area (Å²) in [7, 11) is 0. The Hall–Kier alpha value is -1.59. The summed E-state index contributed by atoms with van der Waals surface area (Å²) in [4.78, 5) is 26.5. The number of halogens is 1. The Morgan fingerprint density at radius 3 is 2.96 bits per heavy atom. The number of amides is 2. The quantitative estimate of drug-likeness (QED) is 0.921. The van der Waals surface area contributed by atoms with Gasteiger partial charge in [-0.1, -0.05) is 30.5 Å². The van der Waals surface area contributed by atoms with Crippen molar-refractivity contribution in [3.05, 3.63) is 34.9 Å². The number of carbonyl (C=O) groups excluding carboxylic acids is 2. The molecule has 1 aliphatic carbocycles. The van der Waals surface area contributed by atoms with E-state index in [4.69, 9.17) is 16.3 Å². The first-order chi connectivity index (χ1) is 11.1. The molecule has 2 aliphatic rings. The fraction of sp³-hybridized carbons (Fsp3) is 0.529. The lowest BCUT2D eigenvalue weighted by Gasteiger charge is -2.43. The van der Waals surface area contributed by atoms with Gasteiger partial charge in [0.2, 0.25) is 5.91 Å². The monoisotopic (exact) mass is 336 g/mol. The predicted octanol–water partition coefficient (Wildman–Crippen LogP) is 2.24. The number of hydrogen-bond donors (Lipinski definition) is 1. The van der Waals surface area contributed by atoms with Crippen molar-refractivity contribution in [1.82, 2.24) is 10.2 Å². The molecule has 3 rings (SSSR count). The average molecular weight is 337 g/mol. The molecule has 1 aromatic rings. The van der Waals surface area contributed by atoms with E-state index in [1.54, 1.807) is 24.3 Å². The van der Waals surface area contributed by atoms with Gasteiger partial charge in [0.1, 0.15) is 0 Å². The third kappa shape index (κ3) is 3.85. The second kappa shape index (κ2) is 7.32. The Kier molecular flexibility index (Phi) is 5.18. The Labute approximate surface area is 140 Å². The summed E-state index contributed by atoms with van der Waals surface area (Å²) >= 11 is 5.88. The first kappa shape index (κ1) is 16.3. The van der Waals surface area contributed by atoms with E-state index in [1.807, 2.05) is 4.90 Å². The van der Waals surface area contributed by atoms with E-state index in [1.165, 1.54) is 0 Å². The third-order valence-corrected chi connectivity index (χ3v) is 4.77. The van der Waals surface area contributed by atoms with Crippen LogP contribution in [-0.4, -0.2) is 48.6 Å². The SMILES string of the molecule is O=C(NCC(=O)N1CCO[C@H]2CCCC[C@@H]21)c1cccc(Cl)c1. The smallest absolute Gasteiger partial charge is 0.251 e. The van der Waals surface area contributed by atoms with Crippen molar-refractivity contribution in [3.63, 3.8) is 0 Å². The molecule has 23 heavy (non-hydrogen) atoms. The number of benzene rings is 1. The molecule has 1 saturated carbocycles. The molecule has 1 aliphatic heterocycles. The molecule has 0 spiro atoms. The number of rotatable bonds is 3. The van der Waals surface area contributed by atoms with Crippen molar-refractivity contribution in [1.29, 1.82) is 0 Å². The highest BCUT2D eigenvalue weighted by Gasteiger charge is 2.36. The highest BCUT2D eigenvalue weighted by molar-refractivity contribution is 6.30. The largest absolute Gasteiger partial charge is 0.374 e. The second-order valence-electron chi connectivity index (χ2n) is 6.04.